The minimum atomic E-state index is -0.381. The van der Waals surface area contributed by atoms with E-state index in [1.807, 2.05) is 0 Å². The van der Waals surface area contributed by atoms with Gasteiger partial charge in [0.2, 0.25) is 5.91 Å². The van der Waals surface area contributed by atoms with Crippen molar-refractivity contribution in [3.05, 3.63) is 33.8 Å². The van der Waals surface area contributed by atoms with Crippen LogP contribution in [0.5, 0.6) is 0 Å². The number of halogens is 2. The van der Waals surface area contributed by atoms with E-state index in [0.717, 1.165) is 25.9 Å². The van der Waals surface area contributed by atoms with Gasteiger partial charge in [-0.1, -0.05) is 23.2 Å². The van der Waals surface area contributed by atoms with Crippen LogP contribution >= 0.6 is 23.2 Å². The molecule has 2 heterocycles. The number of benzene rings is 1. The highest BCUT2D eigenvalue weighted by Gasteiger charge is 2.27. The Hall–Kier alpha value is -1.34. The summed E-state index contributed by atoms with van der Waals surface area (Å²) in [7, 11) is 2.18. The Balaban J connectivity index is 1.38. The molecular formula is C20H28Cl2N4O2. The third kappa shape index (κ3) is 5.83. The molecule has 2 saturated heterocycles. The van der Waals surface area contributed by atoms with Crippen LogP contribution in [0.1, 0.15) is 36.0 Å². The second-order valence-electron chi connectivity index (χ2n) is 7.72. The van der Waals surface area contributed by atoms with Crippen LogP contribution in [0.3, 0.4) is 0 Å². The average molecular weight is 427 g/mol. The molecule has 0 unspecified atom stereocenters. The van der Waals surface area contributed by atoms with E-state index < -0.39 is 0 Å². The number of likely N-dealkylation sites (tertiary alicyclic amines) is 2. The van der Waals surface area contributed by atoms with Gasteiger partial charge in [0.05, 0.1) is 17.1 Å². The molecule has 0 radical (unpaired) electrons. The maximum atomic E-state index is 12.2. The number of hydrogen-bond donors (Lipinski definition) is 2. The summed E-state index contributed by atoms with van der Waals surface area (Å²) in [5, 5.41) is 6.39. The van der Waals surface area contributed by atoms with Crippen LogP contribution in [0.2, 0.25) is 10.0 Å². The first-order chi connectivity index (χ1) is 13.4. The van der Waals surface area contributed by atoms with Gasteiger partial charge in [0.1, 0.15) is 0 Å². The summed E-state index contributed by atoms with van der Waals surface area (Å²) >= 11 is 11.9. The molecule has 0 spiro atoms. The summed E-state index contributed by atoms with van der Waals surface area (Å²) in [5.41, 5.74) is 0.310. The molecular weight excluding hydrogens is 399 g/mol. The molecule has 0 aliphatic carbocycles. The van der Waals surface area contributed by atoms with Crippen molar-refractivity contribution in [2.24, 2.45) is 0 Å². The van der Waals surface area contributed by atoms with Gasteiger partial charge in [-0.25, -0.2) is 0 Å². The van der Waals surface area contributed by atoms with Crippen LogP contribution in [0.15, 0.2) is 18.2 Å². The van der Waals surface area contributed by atoms with Crippen LogP contribution in [0, 0.1) is 0 Å². The van der Waals surface area contributed by atoms with Gasteiger partial charge in [0.25, 0.3) is 5.91 Å². The molecule has 0 atom stereocenters. The van der Waals surface area contributed by atoms with Crippen LogP contribution in [0.4, 0.5) is 0 Å². The molecule has 2 fully saturated rings. The highest BCUT2D eigenvalue weighted by molar-refractivity contribution is 6.36. The Morgan fingerprint density at radius 2 is 1.75 bits per heavy atom. The van der Waals surface area contributed by atoms with E-state index in [1.165, 1.54) is 32.0 Å². The maximum absolute atomic E-state index is 12.2. The highest BCUT2D eigenvalue weighted by Crippen LogP contribution is 2.21. The van der Waals surface area contributed by atoms with Gasteiger partial charge < -0.3 is 20.4 Å². The number of piperidine rings is 2. The second kappa shape index (κ2) is 9.92. The summed E-state index contributed by atoms with van der Waals surface area (Å²) in [6, 6.07) is 5.51. The lowest BCUT2D eigenvalue weighted by Crippen LogP contribution is -2.51. The SMILES string of the molecule is CN1CCC(N2CCC(NC(=O)CNC(=O)c3ccc(Cl)cc3Cl)CC2)CC1. The lowest BCUT2D eigenvalue weighted by molar-refractivity contribution is -0.121. The van der Waals surface area contributed by atoms with Crippen molar-refractivity contribution in [3.8, 4) is 0 Å². The third-order valence-corrected chi connectivity index (χ3v) is 6.23. The van der Waals surface area contributed by atoms with E-state index in [9.17, 15) is 9.59 Å². The maximum Gasteiger partial charge on any atom is 0.253 e. The molecule has 28 heavy (non-hydrogen) atoms. The van der Waals surface area contributed by atoms with E-state index in [4.69, 9.17) is 23.2 Å². The molecule has 1 aromatic rings. The molecule has 154 valence electrons. The standard InChI is InChI=1S/C20H28Cl2N4O2/c1-25-8-6-16(7-9-25)26-10-4-15(5-11-26)24-19(27)13-23-20(28)17-3-2-14(21)12-18(17)22/h2-3,12,15-16H,4-11,13H2,1H3,(H,23,28)(H,24,27). The Labute approximate surface area is 176 Å². The zero-order valence-electron chi connectivity index (χ0n) is 16.2. The number of rotatable bonds is 5. The van der Waals surface area contributed by atoms with E-state index in [1.54, 1.807) is 12.1 Å². The lowest BCUT2D eigenvalue weighted by atomic mass is 9.98. The topological polar surface area (TPSA) is 64.7 Å². The summed E-state index contributed by atoms with van der Waals surface area (Å²) < 4.78 is 0. The zero-order valence-corrected chi connectivity index (χ0v) is 17.7. The van der Waals surface area contributed by atoms with E-state index in [2.05, 4.69) is 27.5 Å². The number of amides is 2. The fraction of sp³-hybridized carbons (Fsp3) is 0.600. The number of hydrogen-bond acceptors (Lipinski definition) is 4. The molecule has 2 aliphatic heterocycles. The highest BCUT2D eigenvalue weighted by atomic mass is 35.5. The van der Waals surface area contributed by atoms with E-state index in [-0.39, 0.29) is 29.4 Å². The van der Waals surface area contributed by atoms with Gasteiger partial charge >= 0.3 is 0 Å². The summed E-state index contributed by atoms with van der Waals surface area (Å²) in [4.78, 5) is 29.3. The van der Waals surface area contributed by atoms with Gasteiger partial charge in [0, 0.05) is 30.2 Å². The number of nitrogens with zero attached hydrogens (tertiary/aromatic N) is 2. The van der Waals surface area contributed by atoms with Crippen molar-refractivity contribution >= 4 is 35.0 Å². The molecule has 8 heteroatoms. The minimum absolute atomic E-state index is 0.0625. The predicted molar refractivity (Wildman–Crippen MR) is 112 cm³/mol. The first-order valence-corrected chi connectivity index (χ1v) is 10.6. The van der Waals surface area contributed by atoms with Gasteiger partial charge in [-0.05, 0) is 64.0 Å². The van der Waals surface area contributed by atoms with Crippen LogP contribution in [0.25, 0.3) is 0 Å². The molecule has 6 nitrogen and oxygen atoms in total. The Kier molecular flexibility index (Phi) is 7.57. The molecule has 1 aromatic carbocycles. The molecule has 0 bridgehead atoms. The Morgan fingerprint density at radius 3 is 2.39 bits per heavy atom. The van der Waals surface area contributed by atoms with Crippen LogP contribution in [-0.2, 0) is 4.79 Å². The van der Waals surface area contributed by atoms with Crippen LogP contribution < -0.4 is 10.6 Å². The minimum Gasteiger partial charge on any atom is -0.352 e. The largest absolute Gasteiger partial charge is 0.352 e. The number of carbonyl (C=O) groups excluding carboxylic acids is 2. The van der Waals surface area contributed by atoms with E-state index >= 15 is 0 Å². The second-order valence-corrected chi connectivity index (χ2v) is 8.56. The van der Waals surface area contributed by atoms with Crippen molar-refractivity contribution in [1.82, 2.24) is 20.4 Å². The van der Waals surface area contributed by atoms with Crippen molar-refractivity contribution in [2.45, 2.75) is 37.8 Å². The molecule has 2 amide bonds. The number of nitrogens with one attached hydrogen (secondary N) is 2. The summed E-state index contributed by atoms with van der Waals surface area (Å²) in [5.74, 6) is -0.551. The van der Waals surface area contributed by atoms with Crippen LogP contribution in [-0.4, -0.2) is 73.5 Å². The fourth-order valence-electron chi connectivity index (χ4n) is 3.98. The monoisotopic (exact) mass is 426 g/mol. The number of carbonyl (C=O) groups is 2. The van der Waals surface area contributed by atoms with Gasteiger partial charge in [-0.3, -0.25) is 9.59 Å². The van der Waals surface area contributed by atoms with E-state index in [0.29, 0.717) is 16.6 Å². The molecule has 3 rings (SSSR count). The van der Waals surface area contributed by atoms with Gasteiger partial charge in [-0.15, -0.1) is 0 Å². The van der Waals surface area contributed by atoms with Gasteiger partial charge in [0.15, 0.2) is 0 Å². The lowest BCUT2D eigenvalue weighted by Gasteiger charge is -2.41. The smallest absolute Gasteiger partial charge is 0.253 e. The molecule has 0 aromatic heterocycles. The van der Waals surface area contributed by atoms with Crippen molar-refractivity contribution < 1.29 is 9.59 Å². The van der Waals surface area contributed by atoms with Crippen molar-refractivity contribution in [1.29, 1.82) is 0 Å². The van der Waals surface area contributed by atoms with Crippen molar-refractivity contribution in [2.75, 3.05) is 39.8 Å². The molecule has 0 saturated carbocycles. The predicted octanol–water partition coefficient (Wildman–Crippen LogP) is 2.40. The molecule has 2 N–H and O–H groups in total. The zero-order chi connectivity index (χ0) is 20.1. The van der Waals surface area contributed by atoms with Crippen molar-refractivity contribution in [3.63, 3.8) is 0 Å². The third-order valence-electron chi connectivity index (χ3n) is 5.68. The Morgan fingerprint density at radius 1 is 1.07 bits per heavy atom. The fourth-order valence-corrected chi connectivity index (χ4v) is 4.47. The first-order valence-electron chi connectivity index (χ1n) is 9.87. The summed E-state index contributed by atoms with van der Waals surface area (Å²) in [6.45, 7) is 4.31. The summed E-state index contributed by atoms with van der Waals surface area (Å²) in [6.07, 6.45) is 4.36. The average Bonchev–Trinajstić information content (AvgIpc) is 2.67. The quantitative estimate of drug-likeness (QED) is 0.758. The normalized spacial score (nSPS) is 20.1. The first kappa shape index (κ1) is 21.4. The van der Waals surface area contributed by atoms with Gasteiger partial charge in [-0.2, -0.15) is 0 Å². The molecule has 2 aliphatic rings. The Bertz CT molecular complexity index is 699.